The van der Waals surface area contributed by atoms with Crippen LogP contribution in [0, 0.1) is 0 Å². The highest BCUT2D eigenvalue weighted by atomic mass is 32.2. The average Bonchev–Trinajstić information content (AvgIpc) is 2.84. The van der Waals surface area contributed by atoms with Crippen molar-refractivity contribution in [1.29, 1.82) is 0 Å². The van der Waals surface area contributed by atoms with Crippen molar-refractivity contribution in [2.75, 3.05) is 32.7 Å². The maximum atomic E-state index is 12.2. The predicted molar refractivity (Wildman–Crippen MR) is 69.8 cm³/mol. The molecule has 0 saturated carbocycles. The molecule has 96 valence electrons. The lowest BCUT2D eigenvalue weighted by atomic mass is 10.3. The normalized spacial score (nSPS) is 19.6. The first-order chi connectivity index (χ1) is 8.14. The van der Waals surface area contributed by atoms with Crippen LogP contribution in [0.4, 0.5) is 0 Å². The van der Waals surface area contributed by atoms with Crippen molar-refractivity contribution < 1.29 is 8.42 Å². The van der Waals surface area contributed by atoms with Crippen molar-refractivity contribution in [1.82, 2.24) is 9.21 Å². The van der Waals surface area contributed by atoms with E-state index in [1.807, 2.05) is 0 Å². The maximum absolute atomic E-state index is 12.2. The molecule has 0 unspecified atom stereocenters. The largest absolute Gasteiger partial charge is 0.301 e. The van der Waals surface area contributed by atoms with Crippen LogP contribution in [-0.4, -0.2) is 50.3 Å². The Morgan fingerprint density at radius 1 is 1.29 bits per heavy atom. The van der Waals surface area contributed by atoms with Crippen LogP contribution in [0.2, 0.25) is 0 Å². The minimum absolute atomic E-state index is 0.460. The Bertz CT molecular complexity index is 434. The molecule has 1 fully saturated rings. The highest BCUT2D eigenvalue weighted by Gasteiger charge is 2.28. The van der Waals surface area contributed by atoms with Crippen molar-refractivity contribution >= 4 is 21.4 Å². The van der Waals surface area contributed by atoms with E-state index < -0.39 is 10.0 Å². The molecule has 1 aromatic rings. The lowest BCUT2D eigenvalue weighted by Gasteiger charge is -2.33. The summed E-state index contributed by atoms with van der Waals surface area (Å²) in [6.07, 6.45) is 1.12. The summed E-state index contributed by atoms with van der Waals surface area (Å²) in [4.78, 5) is 2.32. The first-order valence-corrected chi connectivity index (χ1v) is 8.22. The van der Waals surface area contributed by atoms with E-state index in [-0.39, 0.29) is 0 Å². The van der Waals surface area contributed by atoms with Gasteiger partial charge < -0.3 is 4.90 Å². The molecule has 0 spiro atoms. The minimum atomic E-state index is -3.23. The summed E-state index contributed by atoms with van der Waals surface area (Å²) >= 11 is 1.29. The predicted octanol–water partition coefficient (Wildman–Crippen LogP) is 1.46. The number of nitrogens with zero attached hydrogens (tertiary/aromatic N) is 2. The molecule has 1 aliphatic heterocycles. The molecule has 0 aliphatic carbocycles. The maximum Gasteiger partial charge on any atom is 0.252 e. The second-order valence-electron chi connectivity index (χ2n) is 4.18. The third-order valence-electron chi connectivity index (χ3n) is 2.96. The molecule has 6 heteroatoms. The van der Waals surface area contributed by atoms with Gasteiger partial charge in [0.25, 0.3) is 10.0 Å². The van der Waals surface area contributed by atoms with Gasteiger partial charge in [-0.2, -0.15) is 4.31 Å². The third kappa shape index (κ3) is 2.88. The van der Waals surface area contributed by atoms with Gasteiger partial charge in [-0.15, -0.1) is 11.3 Å². The van der Waals surface area contributed by atoms with Gasteiger partial charge in [-0.1, -0.05) is 13.0 Å². The van der Waals surface area contributed by atoms with Gasteiger partial charge in [-0.05, 0) is 24.4 Å². The van der Waals surface area contributed by atoms with Crippen LogP contribution in [0.25, 0.3) is 0 Å². The number of sulfonamides is 1. The highest BCUT2D eigenvalue weighted by Crippen LogP contribution is 2.21. The molecule has 1 saturated heterocycles. The Balaban J connectivity index is 2.01. The molecule has 17 heavy (non-hydrogen) atoms. The topological polar surface area (TPSA) is 40.6 Å². The van der Waals surface area contributed by atoms with E-state index in [0.29, 0.717) is 17.3 Å². The number of rotatable bonds is 4. The Morgan fingerprint density at radius 2 is 2.00 bits per heavy atom. The molecule has 0 atom stereocenters. The summed E-state index contributed by atoms with van der Waals surface area (Å²) in [6, 6.07) is 3.46. The second kappa shape index (κ2) is 5.48. The number of piperazine rings is 1. The highest BCUT2D eigenvalue weighted by molar-refractivity contribution is 7.91. The number of hydrogen-bond donors (Lipinski definition) is 0. The monoisotopic (exact) mass is 274 g/mol. The zero-order valence-electron chi connectivity index (χ0n) is 10.0. The summed E-state index contributed by atoms with van der Waals surface area (Å²) in [5, 5.41) is 1.81. The molecule has 1 aliphatic rings. The zero-order chi connectivity index (χ0) is 12.3. The number of thiophene rings is 1. The summed E-state index contributed by atoms with van der Waals surface area (Å²) in [5.74, 6) is 0. The van der Waals surface area contributed by atoms with Gasteiger partial charge in [0.05, 0.1) is 0 Å². The molecule has 0 N–H and O–H groups in total. The van der Waals surface area contributed by atoms with Crippen LogP contribution in [0.15, 0.2) is 21.7 Å². The van der Waals surface area contributed by atoms with Gasteiger partial charge in [-0.25, -0.2) is 8.42 Å². The standard InChI is InChI=1S/C11H18N2O2S2/c1-2-5-12-6-8-13(9-7-12)17(14,15)11-4-3-10-16-11/h3-4,10H,2,5-9H2,1H3. The van der Waals surface area contributed by atoms with E-state index in [1.54, 1.807) is 21.8 Å². The van der Waals surface area contributed by atoms with Gasteiger partial charge in [0.1, 0.15) is 4.21 Å². The molecule has 0 bridgehead atoms. The molecular weight excluding hydrogens is 256 g/mol. The quantitative estimate of drug-likeness (QED) is 0.835. The fraction of sp³-hybridized carbons (Fsp3) is 0.636. The Kier molecular flexibility index (Phi) is 4.19. The van der Waals surface area contributed by atoms with E-state index >= 15 is 0 Å². The van der Waals surface area contributed by atoms with Crippen LogP contribution in [0.1, 0.15) is 13.3 Å². The van der Waals surface area contributed by atoms with Crippen molar-refractivity contribution in [2.45, 2.75) is 17.6 Å². The SMILES string of the molecule is CCCN1CCN(S(=O)(=O)c2cccs2)CC1. The van der Waals surface area contributed by atoms with Gasteiger partial charge in [0.2, 0.25) is 0 Å². The van der Waals surface area contributed by atoms with Gasteiger partial charge in [-0.3, -0.25) is 0 Å². The zero-order valence-corrected chi connectivity index (χ0v) is 11.6. The second-order valence-corrected chi connectivity index (χ2v) is 7.29. The third-order valence-corrected chi connectivity index (χ3v) is 6.23. The fourth-order valence-corrected chi connectivity index (χ4v) is 4.61. The van der Waals surface area contributed by atoms with E-state index in [1.165, 1.54) is 11.3 Å². The van der Waals surface area contributed by atoms with E-state index in [9.17, 15) is 8.42 Å². The fourth-order valence-electron chi connectivity index (χ4n) is 2.05. The first-order valence-electron chi connectivity index (χ1n) is 5.90. The average molecular weight is 274 g/mol. The van der Waals surface area contributed by atoms with Crippen LogP contribution in [0.3, 0.4) is 0 Å². The summed E-state index contributed by atoms with van der Waals surface area (Å²) in [5.41, 5.74) is 0. The van der Waals surface area contributed by atoms with Gasteiger partial charge in [0.15, 0.2) is 0 Å². The smallest absolute Gasteiger partial charge is 0.252 e. The van der Waals surface area contributed by atoms with Crippen LogP contribution in [-0.2, 0) is 10.0 Å². The van der Waals surface area contributed by atoms with Crippen LogP contribution < -0.4 is 0 Å². The minimum Gasteiger partial charge on any atom is -0.301 e. The van der Waals surface area contributed by atoms with Crippen molar-refractivity contribution in [3.8, 4) is 0 Å². The molecule has 2 rings (SSSR count). The molecule has 0 aromatic carbocycles. The Labute approximate surface area is 107 Å². The molecular formula is C11H18N2O2S2. The number of hydrogen-bond acceptors (Lipinski definition) is 4. The van der Waals surface area contributed by atoms with E-state index in [2.05, 4.69) is 11.8 Å². The summed E-state index contributed by atoms with van der Waals surface area (Å²) in [6.45, 7) is 6.12. The Hall–Kier alpha value is -0.430. The van der Waals surface area contributed by atoms with Crippen molar-refractivity contribution in [3.05, 3.63) is 17.5 Å². The van der Waals surface area contributed by atoms with E-state index in [4.69, 9.17) is 0 Å². The first kappa shape index (κ1) is 13.0. The van der Waals surface area contributed by atoms with Gasteiger partial charge in [0, 0.05) is 26.2 Å². The summed E-state index contributed by atoms with van der Waals surface area (Å²) < 4.78 is 26.5. The van der Waals surface area contributed by atoms with Crippen LogP contribution in [0.5, 0.6) is 0 Å². The van der Waals surface area contributed by atoms with Crippen molar-refractivity contribution in [2.24, 2.45) is 0 Å². The van der Waals surface area contributed by atoms with Gasteiger partial charge >= 0.3 is 0 Å². The molecule has 4 nitrogen and oxygen atoms in total. The molecule has 0 radical (unpaired) electrons. The molecule has 2 heterocycles. The molecule has 1 aromatic heterocycles. The van der Waals surface area contributed by atoms with E-state index in [0.717, 1.165) is 26.1 Å². The summed E-state index contributed by atoms with van der Waals surface area (Å²) in [7, 11) is -3.23. The van der Waals surface area contributed by atoms with Crippen LogP contribution >= 0.6 is 11.3 Å². The molecule has 0 amide bonds. The Morgan fingerprint density at radius 3 is 2.53 bits per heavy atom. The lowest BCUT2D eigenvalue weighted by Crippen LogP contribution is -2.48. The lowest BCUT2D eigenvalue weighted by molar-refractivity contribution is 0.189. The van der Waals surface area contributed by atoms with Crippen molar-refractivity contribution in [3.63, 3.8) is 0 Å².